The van der Waals surface area contributed by atoms with Gasteiger partial charge in [0, 0.05) is 11.5 Å². The monoisotopic (exact) mass is 227 g/mol. The fourth-order valence-corrected chi connectivity index (χ4v) is 2.00. The van der Waals surface area contributed by atoms with Crippen LogP contribution in [-0.4, -0.2) is 18.6 Å². The summed E-state index contributed by atoms with van der Waals surface area (Å²) in [5, 5.41) is 4.92. The number of carbonyl (C=O) groups excluding carboxylic acids is 1. The van der Waals surface area contributed by atoms with Crippen LogP contribution in [0.15, 0.2) is 17.5 Å². The highest BCUT2D eigenvalue weighted by Gasteiger charge is 2.16. The molecule has 1 aromatic heterocycles. The van der Waals surface area contributed by atoms with Gasteiger partial charge < -0.3 is 10.1 Å². The fraction of sp³-hybridized carbons (Fsp3) is 0.545. The van der Waals surface area contributed by atoms with E-state index in [-0.39, 0.29) is 18.1 Å². The van der Waals surface area contributed by atoms with Gasteiger partial charge in [-0.1, -0.05) is 6.07 Å². The molecule has 1 amide bonds. The van der Waals surface area contributed by atoms with Crippen LogP contribution in [0.3, 0.4) is 0 Å². The Kier molecular flexibility index (Phi) is 4.78. The first-order valence-electron chi connectivity index (χ1n) is 5.10. The van der Waals surface area contributed by atoms with Gasteiger partial charge in [0.2, 0.25) is 5.91 Å². The van der Waals surface area contributed by atoms with E-state index < -0.39 is 0 Å². The summed E-state index contributed by atoms with van der Waals surface area (Å²) in [7, 11) is 0. The smallest absolute Gasteiger partial charge is 0.249 e. The second-order valence-electron chi connectivity index (χ2n) is 3.34. The Morgan fingerprint density at radius 1 is 1.60 bits per heavy atom. The summed E-state index contributed by atoms with van der Waals surface area (Å²) in [6.45, 7) is 6.18. The Labute approximate surface area is 94.5 Å². The lowest BCUT2D eigenvalue weighted by atomic mass is 10.2. The molecule has 0 unspecified atom stereocenters. The minimum Gasteiger partial charge on any atom is -0.369 e. The quantitative estimate of drug-likeness (QED) is 0.838. The Hall–Kier alpha value is -0.870. The summed E-state index contributed by atoms with van der Waals surface area (Å²) in [6.07, 6.45) is -0.377. The van der Waals surface area contributed by atoms with Crippen molar-refractivity contribution in [2.75, 3.05) is 6.61 Å². The highest BCUT2D eigenvalue weighted by molar-refractivity contribution is 7.10. The van der Waals surface area contributed by atoms with Crippen LogP contribution in [0.25, 0.3) is 0 Å². The van der Waals surface area contributed by atoms with Gasteiger partial charge in [-0.05, 0) is 32.2 Å². The van der Waals surface area contributed by atoms with E-state index in [9.17, 15) is 4.79 Å². The highest BCUT2D eigenvalue weighted by atomic mass is 32.1. The van der Waals surface area contributed by atoms with Crippen molar-refractivity contribution in [1.82, 2.24) is 5.32 Å². The molecule has 0 saturated carbocycles. The van der Waals surface area contributed by atoms with Gasteiger partial charge in [0.05, 0.1) is 6.04 Å². The van der Waals surface area contributed by atoms with E-state index in [4.69, 9.17) is 4.74 Å². The highest BCUT2D eigenvalue weighted by Crippen LogP contribution is 2.18. The van der Waals surface area contributed by atoms with Crippen LogP contribution in [0, 0.1) is 0 Å². The molecule has 0 saturated heterocycles. The first-order valence-corrected chi connectivity index (χ1v) is 5.98. The summed E-state index contributed by atoms with van der Waals surface area (Å²) in [6, 6.07) is 4.05. The van der Waals surface area contributed by atoms with Crippen molar-refractivity contribution in [3.05, 3.63) is 22.4 Å². The summed E-state index contributed by atoms with van der Waals surface area (Å²) >= 11 is 1.64. The van der Waals surface area contributed by atoms with Crippen molar-refractivity contribution in [2.45, 2.75) is 32.9 Å². The van der Waals surface area contributed by atoms with Crippen LogP contribution in [0.2, 0.25) is 0 Å². The molecule has 4 heteroatoms. The third-order valence-electron chi connectivity index (χ3n) is 2.11. The lowest BCUT2D eigenvalue weighted by Gasteiger charge is -2.16. The maximum atomic E-state index is 11.6. The standard InChI is InChI=1S/C11H17NO2S/c1-4-14-9(3)11(13)12-8(2)10-6-5-7-15-10/h5-9H,4H2,1-3H3,(H,12,13)/t8-,9-/m1/s1. The number of ether oxygens (including phenoxy) is 1. The first kappa shape index (κ1) is 12.2. The largest absolute Gasteiger partial charge is 0.369 e. The number of hydrogen-bond acceptors (Lipinski definition) is 3. The summed E-state index contributed by atoms with van der Waals surface area (Å²) in [5.41, 5.74) is 0. The second kappa shape index (κ2) is 5.88. The topological polar surface area (TPSA) is 38.3 Å². The van der Waals surface area contributed by atoms with Gasteiger partial charge in [-0.3, -0.25) is 4.79 Å². The molecule has 2 atom stereocenters. The molecular weight excluding hydrogens is 210 g/mol. The van der Waals surface area contributed by atoms with Crippen LogP contribution in [0.1, 0.15) is 31.7 Å². The van der Waals surface area contributed by atoms with Crippen molar-refractivity contribution in [3.8, 4) is 0 Å². The third kappa shape index (κ3) is 3.64. The van der Waals surface area contributed by atoms with Crippen molar-refractivity contribution in [3.63, 3.8) is 0 Å². The van der Waals surface area contributed by atoms with Gasteiger partial charge in [0.25, 0.3) is 0 Å². The molecular formula is C11H17NO2S. The zero-order chi connectivity index (χ0) is 11.3. The van der Waals surface area contributed by atoms with Crippen LogP contribution >= 0.6 is 11.3 Å². The maximum absolute atomic E-state index is 11.6. The molecule has 0 aliphatic heterocycles. The summed E-state index contributed by atoms with van der Waals surface area (Å²) in [4.78, 5) is 12.8. The predicted octanol–water partition coefficient (Wildman–Crippen LogP) is 2.35. The van der Waals surface area contributed by atoms with E-state index >= 15 is 0 Å². The van der Waals surface area contributed by atoms with Gasteiger partial charge in [0.1, 0.15) is 6.10 Å². The fourth-order valence-electron chi connectivity index (χ4n) is 1.27. The predicted molar refractivity (Wildman–Crippen MR) is 62.0 cm³/mol. The van der Waals surface area contributed by atoms with Gasteiger partial charge in [-0.25, -0.2) is 0 Å². The maximum Gasteiger partial charge on any atom is 0.249 e. The molecule has 0 aromatic carbocycles. The van der Waals surface area contributed by atoms with Gasteiger partial charge in [-0.2, -0.15) is 0 Å². The minimum atomic E-state index is -0.377. The molecule has 0 aliphatic rings. The van der Waals surface area contributed by atoms with Crippen LogP contribution in [0.5, 0.6) is 0 Å². The molecule has 0 fully saturated rings. The Morgan fingerprint density at radius 3 is 2.87 bits per heavy atom. The van der Waals surface area contributed by atoms with Crippen molar-refractivity contribution in [2.24, 2.45) is 0 Å². The number of amides is 1. The number of nitrogens with one attached hydrogen (secondary N) is 1. The number of carbonyl (C=O) groups is 1. The van der Waals surface area contributed by atoms with Crippen molar-refractivity contribution < 1.29 is 9.53 Å². The average Bonchev–Trinajstić information content (AvgIpc) is 2.70. The lowest BCUT2D eigenvalue weighted by molar-refractivity contribution is -0.132. The van der Waals surface area contributed by atoms with E-state index in [1.807, 2.05) is 31.4 Å². The van der Waals surface area contributed by atoms with Gasteiger partial charge in [-0.15, -0.1) is 11.3 Å². The molecule has 1 heterocycles. The zero-order valence-electron chi connectivity index (χ0n) is 9.32. The number of rotatable bonds is 5. The Balaban J connectivity index is 2.44. The number of hydrogen-bond donors (Lipinski definition) is 1. The second-order valence-corrected chi connectivity index (χ2v) is 4.32. The van der Waals surface area contributed by atoms with Crippen molar-refractivity contribution in [1.29, 1.82) is 0 Å². The van der Waals surface area contributed by atoms with Crippen LogP contribution in [0.4, 0.5) is 0 Å². The Morgan fingerprint density at radius 2 is 2.33 bits per heavy atom. The molecule has 0 bridgehead atoms. The zero-order valence-corrected chi connectivity index (χ0v) is 10.1. The molecule has 1 aromatic rings. The van der Waals surface area contributed by atoms with E-state index in [0.29, 0.717) is 6.61 Å². The molecule has 1 N–H and O–H groups in total. The SMILES string of the molecule is CCO[C@H](C)C(=O)N[C@H](C)c1cccs1. The average molecular weight is 227 g/mol. The molecule has 0 radical (unpaired) electrons. The summed E-state index contributed by atoms with van der Waals surface area (Å²) in [5.74, 6) is -0.0576. The minimum absolute atomic E-state index is 0.0559. The molecule has 15 heavy (non-hydrogen) atoms. The van der Waals surface area contributed by atoms with E-state index in [1.54, 1.807) is 18.3 Å². The normalized spacial score (nSPS) is 14.6. The molecule has 0 aliphatic carbocycles. The molecule has 1 rings (SSSR count). The lowest BCUT2D eigenvalue weighted by Crippen LogP contribution is -2.35. The van der Waals surface area contributed by atoms with Crippen LogP contribution < -0.4 is 5.32 Å². The van der Waals surface area contributed by atoms with Gasteiger partial charge in [0.15, 0.2) is 0 Å². The molecule has 3 nitrogen and oxygen atoms in total. The first-order chi connectivity index (χ1) is 7.15. The number of thiophene rings is 1. The molecule has 0 spiro atoms. The van der Waals surface area contributed by atoms with Crippen molar-refractivity contribution >= 4 is 17.2 Å². The van der Waals surface area contributed by atoms with E-state index in [0.717, 1.165) is 4.88 Å². The van der Waals surface area contributed by atoms with E-state index in [2.05, 4.69) is 5.32 Å². The van der Waals surface area contributed by atoms with Crippen LogP contribution in [-0.2, 0) is 9.53 Å². The third-order valence-corrected chi connectivity index (χ3v) is 3.17. The van der Waals surface area contributed by atoms with Gasteiger partial charge >= 0.3 is 0 Å². The van der Waals surface area contributed by atoms with E-state index in [1.165, 1.54) is 0 Å². The molecule has 84 valence electrons. The summed E-state index contributed by atoms with van der Waals surface area (Å²) < 4.78 is 5.21. The Bertz CT molecular complexity index is 298.